The predicted molar refractivity (Wildman–Crippen MR) is 66.1 cm³/mol. The van der Waals surface area contributed by atoms with E-state index in [0.29, 0.717) is 0 Å². The van der Waals surface area contributed by atoms with Gasteiger partial charge in [0.25, 0.3) is 5.91 Å². The third-order valence-electron chi connectivity index (χ3n) is 2.61. The molecule has 19 heavy (non-hydrogen) atoms. The molecule has 0 aromatic heterocycles. The summed E-state index contributed by atoms with van der Waals surface area (Å²) in [6.07, 6.45) is 0. The second-order valence-corrected chi connectivity index (χ2v) is 4.42. The van der Waals surface area contributed by atoms with E-state index < -0.39 is 35.1 Å². The van der Waals surface area contributed by atoms with Crippen molar-refractivity contribution >= 4 is 17.5 Å². The van der Waals surface area contributed by atoms with Gasteiger partial charge < -0.3 is 16.8 Å². The Labute approximate surface area is 109 Å². The molecule has 0 bridgehead atoms. The largest absolute Gasteiger partial charge is 0.396 e. The molecule has 1 unspecified atom stereocenters. The molecule has 1 rings (SSSR count). The smallest absolute Gasteiger partial charge is 0.257 e. The molecule has 5 nitrogen and oxygen atoms in total. The highest BCUT2D eigenvalue weighted by Gasteiger charge is 2.26. The Morgan fingerprint density at radius 1 is 1.26 bits per heavy atom. The maximum Gasteiger partial charge on any atom is 0.257 e. The van der Waals surface area contributed by atoms with Crippen molar-refractivity contribution in [1.82, 2.24) is 5.32 Å². The van der Waals surface area contributed by atoms with E-state index in [1.165, 1.54) is 0 Å². The summed E-state index contributed by atoms with van der Waals surface area (Å²) in [5.41, 5.74) is 9.19. The lowest BCUT2D eigenvalue weighted by Crippen LogP contribution is -2.48. The van der Waals surface area contributed by atoms with Gasteiger partial charge in [-0.05, 0) is 18.1 Å². The van der Waals surface area contributed by atoms with Crippen LogP contribution in [0.4, 0.5) is 14.5 Å². The van der Waals surface area contributed by atoms with Crippen LogP contribution in [0, 0.1) is 17.6 Å². The zero-order chi connectivity index (χ0) is 14.7. The summed E-state index contributed by atoms with van der Waals surface area (Å²) in [4.78, 5) is 22.9. The van der Waals surface area contributed by atoms with Crippen LogP contribution in [-0.2, 0) is 4.79 Å². The molecular weight excluding hydrogens is 256 g/mol. The van der Waals surface area contributed by atoms with Crippen LogP contribution in [0.1, 0.15) is 24.2 Å². The number of primary amides is 1. The number of benzene rings is 1. The molecule has 104 valence electrons. The molecule has 0 fully saturated rings. The first-order valence-corrected chi connectivity index (χ1v) is 5.59. The van der Waals surface area contributed by atoms with Gasteiger partial charge in [0.05, 0.1) is 5.69 Å². The normalized spacial score (nSPS) is 12.3. The van der Waals surface area contributed by atoms with Crippen molar-refractivity contribution in [3.05, 3.63) is 29.3 Å². The van der Waals surface area contributed by atoms with Crippen molar-refractivity contribution in [2.24, 2.45) is 11.7 Å². The van der Waals surface area contributed by atoms with Crippen molar-refractivity contribution in [3.63, 3.8) is 0 Å². The van der Waals surface area contributed by atoms with Crippen LogP contribution in [0.15, 0.2) is 12.1 Å². The Kier molecular flexibility index (Phi) is 4.42. The van der Waals surface area contributed by atoms with Gasteiger partial charge >= 0.3 is 0 Å². The van der Waals surface area contributed by atoms with Gasteiger partial charge in [-0.15, -0.1) is 0 Å². The van der Waals surface area contributed by atoms with Gasteiger partial charge in [0, 0.05) is 0 Å². The Hall–Kier alpha value is -2.18. The molecule has 7 heteroatoms. The van der Waals surface area contributed by atoms with E-state index in [9.17, 15) is 18.4 Å². The quantitative estimate of drug-likeness (QED) is 0.706. The maximum absolute atomic E-state index is 13.6. The molecule has 0 radical (unpaired) electrons. The van der Waals surface area contributed by atoms with Gasteiger partial charge in [0.2, 0.25) is 5.91 Å². The third-order valence-corrected chi connectivity index (χ3v) is 2.61. The molecule has 0 spiro atoms. The molecule has 1 aromatic rings. The number of amides is 2. The Morgan fingerprint density at radius 2 is 1.84 bits per heavy atom. The molecule has 1 atom stereocenters. The zero-order valence-corrected chi connectivity index (χ0v) is 10.5. The number of hydrogen-bond acceptors (Lipinski definition) is 3. The first-order valence-electron chi connectivity index (χ1n) is 5.59. The average Bonchev–Trinajstić information content (AvgIpc) is 2.30. The second-order valence-electron chi connectivity index (χ2n) is 4.42. The number of nitrogen functional groups attached to an aromatic ring is 1. The monoisotopic (exact) mass is 271 g/mol. The summed E-state index contributed by atoms with van der Waals surface area (Å²) in [5.74, 6) is -4.39. The standard InChI is InChI=1S/C12H15F2N3O2/c1-5(2)10(11(16)18)17-12(19)8-6(13)3-4-7(15)9(8)14/h3-5,10H,15H2,1-2H3,(H2,16,18)(H,17,19). The number of halogens is 2. The molecule has 0 heterocycles. The zero-order valence-electron chi connectivity index (χ0n) is 10.5. The van der Waals surface area contributed by atoms with E-state index in [0.717, 1.165) is 12.1 Å². The van der Waals surface area contributed by atoms with Crippen molar-refractivity contribution < 1.29 is 18.4 Å². The number of hydrogen-bond donors (Lipinski definition) is 3. The number of nitrogens with two attached hydrogens (primary N) is 2. The molecule has 0 aliphatic rings. The number of anilines is 1. The Balaban J connectivity index is 3.08. The predicted octanol–water partition coefficient (Wildman–Crippen LogP) is 0.787. The van der Waals surface area contributed by atoms with Crippen molar-refractivity contribution in [1.29, 1.82) is 0 Å². The fourth-order valence-corrected chi connectivity index (χ4v) is 1.56. The van der Waals surface area contributed by atoms with E-state index in [4.69, 9.17) is 11.5 Å². The van der Waals surface area contributed by atoms with Crippen LogP contribution in [0.2, 0.25) is 0 Å². The number of rotatable bonds is 4. The number of nitrogens with one attached hydrogen (secondary N) is 1. The summed E-state index contributed by atoms with van der Waals surface area (Å²) in [6.45, 7) is 3.28. The molecule has 1 aromatic carbocycles. The summed E-state index contributed by atoms with van der Waals surface area (Å²) in [6, 6.07) is 0.866. The van der Waals surface area contributed by atoms with Crippen LogP contribution in [0.5, 0.6) is 0 Å². The summed E-state index contributed by atoms with van der Waals surface area (Å²) < 4.78 is 27.1. The van der Waals surface area contributed by atoms with Crippen molar-refractivity contribution in [3.8, 4) is 0 Å². The molecular formula is C12H15F2N3O2. The molecule has 0 saturated carbocycles. The van der Waals surface area contributed by atoms with E-state index in [1.54, 1.807) is 13.8 Å². The van der Waals surface area contributed by atoms with E-state index in [-0.39, 0.29) is 11.6 Å². The topological polar surface area (TPSA) is 98.2 Å². The molecule has 0 aliphatic carbocycles. The van der Waals surface area contributed by atoms with Crippen LogP contribution in [0.25, 0.3) is 0 Å². The molecule has 5 N–H and O–H groups in total. The average molecular weight is 271 g/mol. The lowest BCUT2D eigenvalue weighted by molar-refractivity contribution is -0.120. The van der Waals surface area contributed by atoms with E-state index in [1.807, 2.05) is 0 Å². The first kappa shape index (κ1) is 14.9. The molecule has 2 amide bonds. The molecule has 0 aliphatic heterocycles. The van der Waals surface area contributed by atoms with E-state index in [2.05, 4.69) is 5.32 Å². The number of carbonyl (C=O) groups excluding carboxylic acids is 2. The highest BCUT2D eigenvalue weighted by Crippen LogP contribution is 2.19. The fourth-order valence-electron chi connectivity index (χ4n) is 1.56. The third kappa shape index (κ3) is 3.18. The first-order chi connectivity index (χ1) is 8.75. The fraction of sp³-hybridized carbons (Fsp3) is 0.333. The highest BCUT2D eigenvalue weighted by atomic mass is 19.1. The van der Waals surface area contributed by atoms with Crippen LogP contribution in [-0.4, -0.2) is 17.9 Å². The van der Waals surface area contributed by atoms with Gasteiger partial charge in [-0.2, -0.15) is 0 Å². The van der Waals surface area contributed by atoms with Crippen LogP contribution < -0.4 is 16.8 Å². The highest BCUT2D eigenvalue weighted by molar-refractivity contribution is 5.98. The van der Waals surface area contributed by atoms with Gasteiger partial charge in [-0.3, -0.25) is 9.59 Å². The van der Waals surface area contributed by atoms with Gasteiger partial charge in [-0.25, -0.2) is 8.78 Å². The van der Waals surface area contributed by atoms with Gasteiger partial charge in [0.1, 0.15) is 17.4 Å². The van der Waals surface area contributed by atoms with Gasteiger partial charge in [0.15, 0.2) is 5.82 Å². The lowest BCUT2D eigenvalue weighted by Gasteiger charge is -2.19. The van der Waals surface area contributed by atoms with Crippen molar-refractivity contribution in [2.45, 2.75) is 19.9 Å². The second kappa shape index (κ2) is 5.64. The minimum Gasteiger partial charge on any atom is -0.396 e. The van der Waals surface area contributed by atoms with Crippen LogP contribution in [0.3, 0.4) is 0 Å². The van der Waals surface area contributed by atoms with Crippen molar-refractivity contribution in [2.75, 3.05) is 5.73 Å². The number of carbonyl (C=O) groups is 2. The summed E-state index contributed by atoms with van der Waals surface area (Å²) in [5, 5.41) is 2.19. The SMILES string of the molecule is CC(C)C(NC(=O)c1c(F)ccc(N)c1F)C(N)=O. The maximum atomic E-state index is 13.6. The van der Waals surface area contributed by atoms with Crippen LogP contribution >= 0.6 is 0 Å². The summed E-state index contributed by atoms with van der Waals surface area (Å²) in [7, 11) is 0. The minimum atomic E-state index is -1.16. The lowest BCUT2D eigenvalue weighted by atomic mass is 10.0. The Morgan fingerprint density at radius 3 is 2.32 bits per heavy atom. The Bertz CT molecular complexity index is 518. The molecule has 0 saturated heterocycles. The van der Waals surface area contributed by atoms with E-state index >= 15 is 0 Å². The van der Waals surface area contributed by atoms with Gasteiger partial charge in [-0.1, -0.05) is 13.8 Å². The summed E-state index contributed by atoms with van der Waals surface area (Å²) >= 11 is 0. The minimum absolute atomic E-state index is 0.311.